The van der Waals surface area contributed by atoms with Crippen LogP contribution in [-0.4, -0.2) is 38.6 Å². The van der Waals surface area contributed by atoms with Crippen LogP contribution in [0.3, 0.4) is 0 Å². The molecule has 0 aromatic carbocycles. The van der Waals surface area contributed by atoms with Crippen LogP contribution in [-0.2, 0) is 0 Å². The number of aliphatic hydroxyl groups is 1. The molecule has 1 saturated carbocycles. The first-order valence-electron chi connectivity index (χ1n) is 7.65. The monoisotopic (exact) mass is 457 g/mol. The molecule has 1 aliphatic carbocycles. The zero-order valence-corrected chi connectivity index (χ0v) is 16.7. The minimum Gasteiger partial charge on any atom is -0.396 e. The third-order valence-corrected chi connectivity index (χ3v) is 5.19. The van der Waals surface area contributed by atoms with Gasteiger partial charge in [-0.1, -0.05) is 34.8 Å². The van der Waals surface area contributed by atoms with Crippen molar-refractivity contribution in [1.29, 1.82) is 0 Å². The van der Waals surface area contributed by atoms with Crippen LogP contribution in [0.1, 0.15) is 36.2 Å². The Balaban J connectivity index is 1.98. The van der Waals surface area contributed by atoms with E-state index in [1.165, 1.54) is 6.20 Å². The summed E-state index contributed by atoms with van der Waals surface area (Å²) in [6, 6.07) is 3.42. The van der Waals surface area contributed by atoms with Gasteiger partial charge in [0, 0.05) is 23.3 Å². The van der Waals surface area contributed by atoms with Crippen LogP contribution in [0.15, 0.2) is 22.8 Å². The van der Waals surface area contributed by atoms with Crippen molar-refractivity contribution in [2.45, 2.75) is 41.7 Å². The van der Waals surface area contributed by atoms with Crippen LogP contribution in [0, 0.1) is 5.92 Å². The molecule has 9 heteroatoms. The Hall–Kier alpha value is -0.110. The molecule has 2 rings (SSSR count). The van der Waals surface area contributed by atoms with Gasteiger partial charge in [-0.2, -0.15) is 0 Å². The average Bonchev–Trinajstić information content (AvgIpc) is 2.54. The fourth-order valence-electron chi connectivity index (χ4n) is 2.68. The van der Waals surface area contributed by atoms with Crippen molar-refractivity contribution in [2.24, 2.45) is 5.92 Å². The van der Waals surface area contributed by atoms with E-state index in [1.807, 2.05) is 0 Å². The first kappa shape index (κ1) is 20.2. The molecule has 1 aliphatic rings. The summed E-state index contributed by atoms with van der Waals surface area (Å²) in [7, 11) is 0. The van der Waals surface area contributed by atoms with Gasteiger partial charge in [0.2, 0.25) is 3.79 Å². The Bertz CT molecular complexity index is 546. The lowest BCUT2D eigenvalue weighted by atomic mass is 9.86. The number of nitrogens with zero attached hydrogens (tertiary/aromatic N) is 1. The highest BCUT2D eigenvalue weighted by Gasteiger charge is 2.36. The van der Waals surface area contributed by atoms with Crippen molar-refractivity contribution >= 4 is 56.6 Å². The number of aliphatic hydroxyl groups excluding tert-OH is 1. The molecule has 1 heterocycles. The topological polar surface area (TPSA) is 74.2 Å². The van der Waals surface area contributed by atoms with E-state index in [1.54, 1.807) is 12.1 Å². The number of hydrogen-bond donors (Lipinski definition) is 3. The minimum absolute atomic E-state index is 0.117. The first-order chi connectivity index (χ1) is 11.3. The second-order valence-electron chi connectivity index (χ2n) is 5.88. The number of pyridine rings is 1. The van der Waals surface area contributed by atoms with Crippen LogP contribution in [0.4, 0.5) is 0 Å². The van der Waals surface area contributed by atoms with E-state index < -0.39 is 15.9 Å². The van der Waals surface area contributed by atoms with Crippen molar-refractivity contribution in [1.82, 2.24) is 15.6 Å². The highest BCUT2D eigenvalue weighted by atomic mass is 79.9. The molecule has 0 aliphatic heterocycles. The molecule has 0 spiro atoms. The number of alkyl halides is 3. The van der Waals surface area contributed by atoms with Crippen molar-refractivity contribution in [3.63, 3.8) is 0 Å². The van der Waals surface area contributed by atoms with Crippen LogP contribution < -0.4 is 10.6 Å². The lowest BCUT2D eigenvalue weighted by Crippen LogP contribution is -2.57. The van der Waals surface area contributed by atoms with Gasteiger partial charge in [0.25, 0.3) is 5.91 Å². The standard InChI is InChI=1S/C15H19BrCl3N3O2/c16-10-3-6-12(20-7-10)13(24)22-14(15(17,18)19)21-11-4-1-9(8-23)2-5-11/h3,6-7,9,11,14,21,23H,1-2,4-5,8H2,(H,22,24). The maximum Gasteiger partial charge on any atom is 0.271 e. The number of carbonyl (C=O) groups excluding carboxylic acids is 1. The summed E-state index contributed by atoms with van der Waals surface area (Å²) in [4.78, 5) is 16.4. The number of hydrogen-bond acceptors (Lipinski definition) is 4. The number of amides is 1. The normalized spacial score (nSPS) is 22.9. The van der Waals surface area contributed by atoms with E-state index in [-0.39, 0.29) is 18.3 Å². The molecule has 1 aromatic rings. The molecular formula is C15H19BrCl3N3O2. The van der Waals surface area contributed by atoms with Crippen LogP contribution >= 0.6 is 50.7 Å². The van der Waals surface area contributed by atoms with Crippen LogP contribution in [0.25, 0.3) is 0 Å². The van der Waals surface area contributed by atoms with Gasteiger partial charge in [0.15, 0.2) is 0 Å². The predicted molar refractivity (Wildman–Crippen MR) is 99.4 cm³/mol. The van der Waals surface area contributed by atoms with E-state index in [9.17, 15) is 9.90 Å². The summed E-state index contributed by atoms with van der Waals surface area (Å²) in [6.45, 7) is 0.201. The van der Waals surface area contributed by atoms with Crippen molar-refractivity contribution in [3.05, 3.63) is 28.5 Å². The van der Waals surface area contributed by atoms with Crippen LogP contribution in [0.2, 0.25) is 0 Å². The van der Waals surface area contributed by atoms with Crippen LogP contribution in [0.5, 0.6) is 0 Å². The molecule has 0 bridgehead atoms. The third-order valence-electron chi connectivity index (χ3n) is 4.07. The number of aromatic nitrogens is 1. The van der Waals surface area contributed by atoms with E-state index in [2.05, 4.69) is 31.5 Å². The predicted octanol–water partition coefficient (Wildman–Crippen LogP) is 3.41. The number of nitrogens with one attached hydrogen (secondary N) is 2. The lowest BCUT2D eigenvalue weighted by Gasteiger charge is -2.34. The van der Waals surface area contributed by atoms with E-state index in [0.29, 0.717) is 5.92 Å². The molecule has 0 radical (unpaired) electrons. The van der Waals surface area contributed by atoms with Gasteiger partial charge in [-0.25, -0.2) is 4.98 Å². The molecule has 24 heavy (non-hydrogen) atoms. The number of rotatable bonds is 5. The van der Waals surface area contributed by atoms with E-state index in [4.69, 9.17) is 34.8 Å². The zero-order chi connectivity index (χ0) is 17.7. The molecule has 1 amide bonds. The molecular weight excluding hydrogens is 440 g/mol. The Morgan fingerprint density at radius 2 is 2.00 bits per heavy atom. The maximum atomic E-state index is 12.3. The Kier molecular flexibility index (Phi) is 7.59. The summed E-state index contributed by atoms with van der Waals surface area (Å²) >= 11 is 21.3. The smallest absolute Gasteiger partial charge is 0.271 e. The highest BCUT2D eigenvalue weighted by molar-refractivity contribution is 9.10. The average molecular weight is 460 g/mol. The molecule has 1 aromatic heterocycles. The van der Waals surface area contributed by atoms with E-state index in [0.717, 1.165) is 30.2 Å². The maximum absolute atomic E-state index is 12.3. The fourth-order valence-corrected chi connectivity index (χ4v) is 3.27. The fraction of sp³-hybridized carbons (Fsp3) is 0.600. The molecule has 1 fully saturated rings. The second-order valence-corrected chi connectivity index (χ2v) is 9.16. The lowest BCUT2D eigenvalue weighted by molar-refractivity contribution is 0.0916. The van der Waals surface area contributed by atoms with Gasteiger partial charge in [-0.15, -0.1) is 0 Å². The van der Waals surface area contributed by atoms with Crippen molar-refractivity contribution in [3.8, 4) is 0 Å². The molecule has 134 valence electrons. The SMILES string of the molecule is O=C(NC(NC1CCC(CO)CC1)C(Cl)(Cl)Cl)c1ccc(Br)cn1. The molecule has 1 atom stereocenters. The number of halogens is 4. The Labute approximate surface area is 164 Å². The summed E-state index contributed by atoms with van der Waals surface area (Å²) in [5, 5.41) is 15.1. The summed E-state index contributed by atoms with van der Waals surface area (Å²) < 4.78 is -0.922. The Morgan fingerprint density at radius 3 is 2.50 bits per heavy atom. The molecule has 0 saturated heterocycles. The number of carbonyl (C=O) groups is 1. The van der Waals surface area contributed by atoms with E-state index >= 15 is 0 Å². The summed E-state index contributed by atoms with van der Waals surface area (Å²) in [5.74, 6) is -0.0915. The van der Waals surface area contributed by atoms with Gasteiger partial charge in [0.05, 0.1) is 0 Å². The van der Waals surface area contributed by atoms with Gasteiger partial charge in [0.1, 0.15) is 11.9 Å². The molecule has 5 nitrogen and oxygen atoms in total. The van der Waals surface area contributed by atoms with Gasteiger partial charge < -0.3 is 10.4 Å². The minimum atomic E-state index is -1.70. The quantitative estimate of drug-likeness (QED) is 0.466. The first-order valence-corrected chi connectivity index (χ1v) is 9.58. The summed E-state index contributed by atoms with van der Waals surface area (Å²) in [5.41, 5.74) is 0.239. The van der Waals surface area contributed by atoms with Gasteiger partial charge >= 0.3 is 0 Å². The van der Waals surface area contributed by atoms with Gasteiger partial charge in [-0.3, -0.25) is 10.1 Å². The Morgan fingerprint density at radius 1 is 1.33 bits per heavy atom. The second kappa shape index (κ2) is 9.01. The van der Waals surface area contributed by atoms with Crippen molar-refractivity contribution < 1.29 is 9.90 Å². The largest absolute Gasteiger partial charge is 0.396 e. The zero-order valence-electron chi connectivity index (χ0n) is 12.8. The third kappa shape index (κ3) is 6.00. The van der Waals surface area contributed by atoms with Crippen molar-refractivity contribution in [2.75, 3.05) is 6.61 Å². The highest BCUT2D eigenvalue weighted by Crippen LogP contribution is 2.31. The molecule has 1 unspecified atom stereocenters. The summed E-state index contributed by atoms with van der Waals surface area (Å²) in [6.07, 6.45) is 4.22. The van der Waals surface area contributed by atoms with Gasteiger partial charge in [-0.05, 0) is 59.7 Å². The molecule has 3 N–H and O–H groups in total.